The first-order chi connectivity index (χ1) is 18.0. The van der Waals surface area contributed by atoms with E-state index in [1.165, 1.54) is 6.07 Å². The third kappa shape index (κ3) is 5.12. The number of rotatable bonds is 7. The molecule has 37 heavy (non-hydrogen) atoms. The van der Waals surface area contributed by atoms with Gasteiger partial charge in [-0.2, -0.15) is 5.10 Å². The van der Waals surface area contributed by atoms with Gasteiger partial charge in [-0.25, -0.2) is 8.91 Å². The lowest BCUT2D eigenvalue weighted by Crippen LogP contribution is -2.40. The fourth-order valence-corrected chi connectivity index (χ4v) is 5.75. The van der Waals surface area contributed by atoms with Crippen molar-refractivity contribution >= 4 is 23.1 Å². The molecule has 1 aliphatic carbocycles. The Bertz CT molecular complexity index is 1290. The molecule has 2 aromatic heterocycles. The first-order valence-corrected chi connectivity index (χ1v) is 13.0. The molecule has 3 atom stereocenters. The molecule has 1 N–H and O–H groups in total. The first kappa shape index (κ1) is 25.0. The Labute approximate surface area is 215 Å². The minimum absolute atomic E-state index is 0.0321. The molecule has 2 fully saturated rings. The number of nitrogens with zero attached hydrogens (tertiary/aromatic N) is 3. The maximum atomic E-state index is 14.1. The summed E-state index contributed by atoms with van der Waals surface area (Å²) in [5, 5.41) is 7.49. The van der Waals surface area contributed by atoms with Crippen LogP contribution in [0.4, 0.5) is 10.1 Å². The van der Waals surface area contributed by atoms with Crippen molar-refractivity contribution < 1.29 is 23.5 Å². The summed E-state index contributed by atoms with van der Waals surface area (Å²) in [7, 11) is 1.60. The van der Waals surface area contributed by atoms with E-state index in [2.05, 4.69) is 15.3 Å². The normalized spacial score (nSPS) is 21.7. The number of hydrogen-bond donors (Lipinski definition) is 1. The largest absolute Gasteiger partial charge is 0.496 e. The Hall–Kier alpha value is -3.62. The highest BCUT2D eigenvalue weighted by atomic mass is 19.1. The quantitative estimate of drug-likeness (QED) is 0.467. The Morgan fingerprint density at radius 3 is 2.84 bits per heavy atom. The van der Waals surface area contributed by atoms with Gasteiger partial charge in [0.2, 0.25) is 0 Å². The van der Waals surface area contributed by atoms with Crippen LogP contribution in [0.3, 0.4) is 0 Å². The molecule has 2 unspecified atom stereocenters. The molecule has 1 amide bonds. The predicted molar refractivity (Wildman–Crippen MR) is 137 cm³/mol. The van der Waals surface area contributed by atoms with E-state index in [9.17, 15) is 14.0 Å². The number of benzene rings is 1. The second kappa shape index (κ2) is 10.8. The SMILES string of the molecule is CCOC(=O)C1CCCC(NC(=O)c2cnn3ccc(N4CCC[C@@H]4c4cc(F)ccc4OC)cc23)C1. The minimum Gasteiger partial charge on any atom is -0.496 e. The highest BCUT2D eigenvalue weighted by Crippen LogP contribution is 2.40. The molecule has 3 heterocycles. The minimum atomic E-state index is -0.291. The molecule has 9 heteroatoms. The summed E-state index contributed by atoms with van der Waals surface area (Å²) < 4.78 is 26.5. The molecule has 0 bridgehead atoms. The monoisotopic (exact) mass is 508 g/mol. The number of carbonyl (C=O) groups is 2. The second-order valence-corrected chi connectivity index (χ2v) is 9.80. The van der Waals surface area contributed by atoms with Gasteiger partial charge in [-0.3, -0.25) is 9.59 Å². The van der Waals surface area contributed by atoms with Crippen molar-refractivity contribution in [2.75, 3.05) is 25.2 Å². The lowest BCUT2D eigenvalue weighted by atomic mass is 9.85. The molecule has 196 valence electrons. The maximum absolute atomic E-state index is 14.1. The van der Waals surface area contributed by atoms with Crippen LogP contribution < -0.4 is 15.0 Å². The molecule has 2 aliphatic rings. The molecule has 5 rings (SSSR count). The third-order valence-electron chi connectivity index (χ3n) is 7.51. The highest BCUT2D eigenvalue weighted by molar-refractivity contribution is 6.01. The van der Waals surface area contributed by atoms with Gasteiger partial charge in [0.25, 0.3) is 5.91 Å². The number of pyridine rings is 1. The van der Waals surface area contributed by atoms with Gasteiger partial charge < -0.3 is 19.7 Å². The van der Waals surface area contributed by atoms with E-state index >= 15 is 0 Å². The number of anilines is 1. The predicted octanol–water partition coefficient (Wildman–Crippen LogP) is 4.68. The number of halogens is 1. The number of aromatic nitrogens is 2. The average Bonchev–Trinajstić information content (AvgIpc) is 3.56. The van der Waals surface area contributed by atoms with Crippen molar-refractivity contribution in [1.29, 1.82) is 0 Å². The molecule has 0 spiro atoms. The van der Waals surface area contributed by atoms with Gasteiger partial charge in [-0.05, 0) is 69.4 Å². The van der Waals surface area contributed by atoms with Crippen LogP contribution in [-0.2, 0) is 9.53 Å². The zero-order valence-electron chi connectivity index (χ0n) is 21.3. The van der Waals surface area contributed by atoms with Gasteiger partial charge in [-0.1, -0.05) is 6.42 Å². The van der Waals surface area contributed by atoms with E-state index < -0.39 is 0 Å². The summed E-state index contributed by atoms with van der Waals surface area (Å²) in [6.45, 7) is 2.98. The molecule has 0 radical (unpaired) electrons. The number of esters is 1. The Kier molecular flexibility index (Phi) is 7.30. The number of hydrogen-bond acceptors (Lipinski definition) is 6. The standard InChI is InChI=1S/C28H33FN4O4/c1-3-37-28(35)18-6-4-7-20(14-18)31-27(34)23-17-30-33-13-11-21(16-25(23)33)32-12-5-8-24(32)22-15-19(29)9-10-26(22)36-2/h9-11,13,15-18,20,24H,3-8,12,14H2,1-2H3,(H,31,34)/t18?,20?,24-/m1/s1. The summed E-state index contributed by atoms with van der Waals surface area (Å²) in [5.41, 5.74) is 2.94. The molecule has 8 nitrogen and oxygen atoms in total. The van der Waals surface area contributed by atoms with E-state index in [1.54, 1.807) is 36.9 Å². The van der Waals surface area contributed by atoms with Crippen LogP contribution in [0.25, 0.3) is 5.52 Å². The van der Waals surface area contributed by atoms with Crippen molar-refractivity contribution in [3.63, 3.8) is 0 Å². The van der Waals surface area contributed by atoms with E-state index in [-0.39, 0.29) is 35.7 Å². The van der Waals surface area contributed by atoms with Crippen LogP contribution in [0, 0.1) is 11.7 Å². The Morgan fingerprint density at radius 1 is 1.16 bits per heavy atom. The Balaban J connectivity index is 1.37. The van der Waals surface area contributed by atoms with Crippen molar-refractivity contribution in [1.82, 2.24) is 14.9 Å². The molecular weight excluding hydrogens is 475 g/mol. The lowest BCUT2D eigenvalue weighted by Gasteiger charge is -2.29. The molecule has 1 aliphatic heterocycles. The van der Waals surface area contributed by atoms with Crippen LogP contribution in [0.2, 0.25) is 0 Å². The summed E-state index contributed by atoms with van der Waals surface area (Å²) >= 11 is 0. The van der Waals surface area contributed by atoms with E-state index in [0.717, 1.165) is 49.9 Å². The summed E-state index contributed by atoms with van der Waals surface area (Å²) in [6.07, 6.45) is 8.34. The van der Waals surface area contributed by atoms with Crippen molar-refractivity contribution in [3.05, 3.63) is 59.7 Å². The van der Waals surface area contributed by atoms with Crippen LogP contribution in [0.1, 0.15) is 67.4 Å². The molecule has 1 saturated heterocycles. The number of carbonyl (C=O) groups excluding carboxylic acids is 2. The van der Waals surface area contributed by atoms with Gasteiger partial charge in [-0.15, -0.1) is 0 Å². The van der Waals surface area contributed by atoms with Crippen LogP contribution in [0.15, 0.2) is 42.7 Å². The van der Waals surface area contributed by atoms with Crippen molar-refractivity contribution in [3.8, 4) is 5.75 Å². The van der Waals surface area contributed by atoms with Crippen LogP contribution >= 0.6 is 0 Å². The van der Waals surface area contributed by atoms with Gasteiger partial charge in [0.05, 0.1) is 43.0 Å². The number of ether oxygens (including phenoxy) is 2. The zero-order valence-corrected chi connectivity index (χ0v) is 21.3. The average molecular weight is 509 g/mol. The van der Waals surface area contributed by atoms with Crippen LogP contribution in [-0.4, -0.2) is 47.8 Å². The fourth-order valence-electron chi connectivity index (χ4n) is 5.75. The van der Waals surface area contributed by atoms with E-state index in [4.69, 9.17) is 9.47 Å². The summed E-state index contributed by atoms with van der Waals surface area (Å²) in [4.78, 5) is 27.7. The number of fused-ring (bicyclic) bond motifs is 1. The van der Waals surface area contributed by atoms with Crippen LogP contribution in [0.5, 0.6) is 5.75 Å². The number of methoxy groups -OCH3 is 1. The van der Waals surface area contributed by atoms with E-state index in [1.807, 2.05) is 18.3 Å². The lowest BCUT2D eigenvalue weighted by molar-refractivity contribution is -0.149. The van der Waals surface area contributed by atoms with Gasteiger partial charge in [0, 0.05) is 30.0 Å². The first-order valence-electron chi connectivity index (χ1n) is 13.0. The summed E-state index contributed by atoms with van der Waals surface area (Å²) in [5.74, 6) is -0.191. The number of amides is 1. The molecule has 1 saturated carbocycles. The van der Waals surface area contributed by atoms with Gasteiger partial charge in [0.15, 0.2) is 0 Å². The van der Waals surface area contributed by atoms with Gasteiger partial charge in [0.1, 0.15) is 11.6 Å². The summed E-state index contributed by atoms with van der Waals surface area (Å²) in [6, 6.07) is 8.44. The zero-order chi connectivity index (χ0) is 25.9. The third-order valence-corrected chi connectivity index (χ3v) is 7.51. The highest BCUT2D eigenvalue weighted by Gasteiger charge is 2.31. The topological polar surface area (TPSA) is 85.2 Å². The Morgan fingerprint density at radius 2 is 2.03 bits per heavy atom. The van der Waals surface area contributed by atoms with Crippen molar-refractivity contribution in [2.45, 2.75) is 57.5 Å². The smallest absolute Gasteiger partial charge is 0.308 e. The fraction of sp³-hybridized carbons (Fsp3) is 0.464. The van der Waals surface area contributed by atoms with Gasteiger partial charge >= 0.3 is 5.97 Å². The molecular formula is C28H33FN4O4. The molecule has 1 aromatic carbocycles. The second-order valence-electron chi connectivity index (χ2n) is 9.80. The van der Waals surface area contributed by atoms with E-state index in [0.29, 0.717) is 29.9 Å². The maximum Gasteiger partial charge on any atom is 0.308 e. The molecule has 3 aromatic rings. The number of nitrogens with one attached hydrogen (secondary N) is 1. The van der Waals surface area contributed by atoms with Crippen molar-refractivity contribution in [2.24, 2.45) is 5.92 Å².